The van der Waals surface area contributed by atoms with Gasteiger partial charge in [-0.3, -0.25) is 4.79 Å². The van der Waals surface area contributed by atoms with Crippen LogP contribution in [0.5, 0.6) is 11.5 Å². The maximum atomic E-state index is 12.6. The molecule has 0 saturated heterocycles. The zero-order valence-electron chi connectivity index (χ0n) is 15.7. The number of fused-ring (bicyclic) bond motifs is 1. The molecular weight excluding hydrogens is 358 g/mol. The predicted molar refractivity (Wildman–Crippen MR) is 113 cm³/mol. The smallest absolute Gasteiger partial charge is 0.237 e. The van der Waals surface area contributed by atoms with E-state index >= 15 is 0 Å². The quantitative estimate of drug-likeness (QED) is 0.617. The third kappa shape index (κ3) is 4.55. The van der Waals surface area contributed by atoms with Gasteiger partial charge in [-0.1, -0.05) is 42.5 Å². The van der Waals surface area contributed by atoms with Crippen LogP contribution in [0.2, 0.25) is 0 Å². The highest BCUT2D eigenvalue weighted by atomic mass is 32.2. The first-order chi connectivity index (χ1) is 13.1. The van der Waals surface area contributed by atoms with Crippen LogP contribution in [-0.4, -0.2) is 25.4 Å². The van der Waals surface area contributed by atoms with E-state index in [1.54, 1.807) is 44.2 Å². The summed E-state index contributed by atoms with van der Waals surface area (Å²) in [7, 11) is 3.17. The van der Waals surface area contributed by atoms with Gasteiger partial charge in [-0.2, -0.15) is 0 Å². The molecule has 0 aliphatic heterocycles. The lowest BCUT2D eigenvalue weighted by Gasteiger charge is -2.15. The minimum absolute atomic E-state index is 0.0632. The van der Waals surface area contributed by atoms with Crippen LogP contribution in [0.25, 0.3) is 10.8 Å². The molecule has 0 bridgehead atoms. The second-order valence-electron chi connectivity index (χ2n) is 6.15. The van der Waals surface area contributed by atoms with Gasteiger partial charge in [0.25, 0.3) is 0 Å². The summed E-state index contributed by atoms with van der Waals surface area (Å²) in [6.07, 6.45) is 0. The molecule has 1 unspecified atom stereocenters. The fourth-order valence-electron chi connectivity index (χ4n) is 2.85. The summed E-state index contributed by atoms with van der Waals surface area (Å²) in [5.41, 5.74) is 1.84. The first-order valence-corrected chi connectivity index (χ1v) is 9.78. The number of hydrogen-bond donors (Lipinski definition) is 1. The number of rotatable bonds is 7. The predicted octanol–water partition coefficient (Wildman–Crippen LogP) is 5.12. The summed E-state index contributed by atoms with van der Waals surface area (Å²) >= 11 is 1.61. The fourth-order valence-corrected chi connectivity index (χ4v) is 3.75. The highest BCUT2D eigenvalue weighted by molar-refractivity contribution is 7.99. The molecule has 27 heavy (non-hydrogen) atoms. The lowest BCUT2D eigenvalue weighted by Crippen LogP contribution is -2.23. The van der Waals surface area contributed by atoms with Gasteiger partial charge in [-0.05, 0) is 35.4 Å². The number of amides is 1. The van der Waals surface area contributed by atoms with Crippen LogP contribution in [0.4, 0.5) is 5.69 Å². The molecule has 0 fully saturated rings. The Morgan fingerprint density at radius 2 is 1.81 bits per heavy atom. The molecule has 3 rings (SSSR count). The molecule has 140 valence electrons. The Labute approximate surface area is 163 Å². The van der Waals surface area contributed by atoms with E-state index in [0.717, 1.165) is 5.75 Å². The number of hydrogen-bond acceptors (Lipinski definition) is 4. The molecule has 3 aromatic carbocycles. The van der Waals surface area contributed by atoms with E-state index in [-0.39, 0.29) is 11.2 Å². The summed E-state index contributed by atoms with van der Waals surface area (Å²) < 4.78 is 10.6. The number of carbonyl (C=O) groups excluding carboxylic acids is 1. The second-order valence-corrected chi connectivity index (χ2v) is 7.48. The van der Waals surface area contributed by atoms with E-state index in [1.165, 1.54) is 16.3 Å². The van der Waals surface area contributed by atoms with Crippen LogP contribution in [-0.2, 0) is 10.5 Å². The van der Waals surface area contributed by atoms with Gasteiger partial charge in [0.15, 0.2) is 0 Å². The summed E-state index contributed by atoms with van der Waals surface area (Å²) in [6, 6.07) is 19.9. The minimum Gasteiger partial charge on any atom is -0.497 e. The number of benzene rings is 3. The van der Waals surface area contributed by atoms with Crippen LogP contribution in [0.1, 0.15) is 12.5 Å². The van der Waals surface area contributed by atoms with Crippen molar-refractivity contribution in [1.82, 2.24) is 0 Å². The van der Waals surface area contributed by atoms with Crippen LogP contribution >= 0.6 is 11.8 Å². The van der Waals surface area contributed by atoms with E-state index in [2.05, 4.69) is 35.6 Å². The Bertz CT molecular complexity index is 936. The highest BCUT2D eigenvalue weighted by Gasteiger charge is 2.16. The number of carbonyl (C=O) groups is 1. The Hall–Kier alpha value is -2.66. The Morgan fingerprint density at radius 3 is 2.59 bits per heavy atom. The first kappa shape index (κ1) is 19.1. The topological polar surface area (TPSA) is 47.6 Å². The molecule has 0 spiro atoms. The zero-order valence-corrected chi connectivity index (χ0v) is 16.5. The minimum atomic E-state index is -0.208. The largest absolute Gasteiger partial charge is 0.497 e. The third-order valence-electron chi connectivity index (χ3n) is 4.40. The Balaban J connectivity index is 1.68. The molecule has 0 heterocycles. The molecule has 4 nitrogen and oxygen atoms in total. The van der Waals surface area contributed by atoms with Crippen molar-refractivity contribution in [2.75, 3.05) is 19.5 Å². The van der Waals surface area contributed by atoms with Crippen LogP contribution in [0.15, 0.2) is 60.7 Å². The molecule has 1 N–H and O–H groups in total. The van der Waals surface area contributed by atoms with Gasteiger partial charge in [0.1, 0.15) is 11.5 Å². The summed E-state index contributed by atoms with van der Waals surface area (Å²) in [5, 5.41) is 5.18. The SMILES string of the molecule is COc1ccc(OC)c(NC(=O)C(C)SCc2cccc3ccccc23)c1. The van der Waals surface area contributed by atoms with Crippen molar-refractivity contribution in [2.45, 2.75) is 17.9 Å². The average Bonchev–Trinajstić information content (AvgIpc) is 2.71. The molecule has 1 amide bonds. The molecule has 3 aromatic rings. The maximum absolute atomic E-state index is 12.6. The molecule has 5 heteroatoms. The van der Waals surface area contributed by atoms with Gasteiger partial charge in [0.2, 0.25) is 5.91 Å². The Kier molecular flexibility index (Phi) is 6.24. The lowest BCUT2D eigenvalue weighted by atomic mass is 10.1. The van der Waals surface area contributed by atoms with Gasteiger partial charge in [-0.15, -0.1) is 11.8 Å². The van der Waals surface area contributed by atoms with Crippen LogP contribution < -0.4 is 14.8 Å². The summed E-state index contributed by atoms with van der Waals surface area (Å²) in [5.74, 6) is 1.98. The Morgan fingerprint density at radius 1 is 1.04 bits per heavy atom. The number of anilines is 1. The van der Waals surface area contributed by atoms with Crippen molar-refractivity contribution in [2.24, 2.45) is 0 Å². The van der Waals surface area contributed by atoms with Gasteiger partial charge in [-0.25, -0.2) is 0 Å². The molecular formula is C22H23NO3S. The summed E-state index contributed by atoms with van der Waals surface area (Å²) in [4.78, 5) is 12.6. The van der Waals surface area contributed by atoms with E-state index in [0.29, 0.717) is 17.2 Å². The van der Waals surface area contributed by atoms with E-state index in [4.69, 9.17) is 9.47 Å². The molecule has 1 atom stereocenters. The normalized spacial score (nSPS) is 11.8. The monoisotopic (exact) mass is 381 g/mol. The molecule has 0 aliphatic carbocycles. The molecule has 0 radical (unpaired) electrons. The fraction of sp³-hybridized carbons (Fsp3) is 0.227. The summed E-state index contributed by atoms with van der Waals surface area (Å²) in [6.45, 7) is 1.91. The molecule has 0 aliphatic rings. The van der Waals surface area contributed by atoms with Crippen molar-refractivity contribution in [3.05, 3.63) is 66.2 Å². The second kappa shape index (κ2) is 8.82. The van der Waals surface area contributed by atoms with Crippen molar-refractivity contribution < 1.29 is 14.3 Å². The number of nitrogens with one attached hydrogen (secondary N) is 1. The van der Waals surface area contributed by atoms with Gasteiger partial charge in [0, 0.05) is 11.8 Å². The van der Waals surface area contributed by atoms with E-state index in [1.807, 2.05) is 19.1 Å². The van der Waals surface area contributed by atoms with Gasteiger partial charge >= 0.3 is 0 Å². The average molecular weight is 381 g/mol. The number of methoxy groups -OCH3 is 2. The van der Waals surface area contributed by atoms with Crippen molar-refractivity contribution >= 4 is 34.1 Å². The third-order valence-corrected chi connectivity index (χ3v) is 5.59. The van der Waals surface area contributed by atoms with Crippen molar-refractivity contribution in [1.29, 1.82) is 0 Å². The van der Waals surface area contributed by atoms with E-state index < -0.39 is 0 Å². The molecule has 0 saturated carbocycles. The van der Waals surface area contributed by atoms with E-state index in [9.17, 15) is 4.79 Å². The zero-order chi connectivity index (χ0) is 19.2. The lowest BCUT2D eigenvalue weighted by molar-refractivity contribution is -0.115. The van der Waals surface area contributed by atoms with Crippen molar-refractivity contribution in [3.8, 4) is 11.5 Å². The van der Waals surface area contributed by atoms with Gasteiger partial charge < -0.3 is 14.8 Å². The number of ether oxygens (including phenoxy) is 2. The van der Waals surface area contributed by atoms with Crippen LogP contribution in [0, 0.1) is 0 Å². The first-order valence-electron chi connectivity index (χ1n) is 8.73. The van der Waals surface area contributed by atoms with Crippen molar-refractivity contribution in [3.63, 3.8) is 0 Å². The highest BCUT2D eigenvalue weighted by Crippen LogP contribution is 2.30. The number of thioether (sulfide) groups is 1. The van der Waals surface area contributed by atoms with Gasteiger partial charge in [0.05, 0.1) is 25.2 Å². The standard InChI is InChI=1S/C22H23NO3S/c1-15(22(24)23-20-13-18(25-2)11-12-21(20)26-3)27-14-17-9-6-8-16-7-4-5-10-19(16)17/h4-13,15H,14H2,1-3H3,(H,23,24). The maximum Gasteiger partial charge on any atom is 0.237 e. The molecule has 0 aromatic heterocycles. The van der Waals surface area contributed by atoms with Crippen LogP contribution in [0.3, 0.4) is 0 Å².